The fourth-order valence-electron chi connectivity index (χ4n) is 2.25. The Morgan fingerprint density at radius 3 is 2.80 bits per heavy atom. The number of morpholine rings is 1. The number of nitrogens with zero attached hydrogens (tertiary/aromatic N) is 1. The average molecular weight is 214 g/mol. The van der Waals surface area contributed by atoms with E-state index < -0.39 is 0 Å². The van der Waals surface area contributed by atoms with E-state index in [1.54, 1.807) is 0 Å². The van der Waals surface area contributed by atoms with Crippen molar-refractivity contribution in [2.45, 2.75) is 45.8 Å². The van der Waals surface area contributed by atoms with Crippen molar-refractivity contribution in [1.82, 2.24) is 4.90 Å². The molecule has 15 heavy (non-hydrogen) atoms. The molecule has 1 fully saturated rings. The topological polar surface area (TPSA) is 38.5 Å². The highest BCUT2D eigenvalue weighted by Crippen LogP contribution is 2.15. The Bertz CT molecular complexity index is 175. The Balaban J connectivity index is 2.39. The molecule has 3 atom stereocenters. The van der Waals surface area contributed by atoms with Crippen LogP contribution in [0.2, 0.25) is 0 Å². The van der Waals surface area contributed by atoms with E-state index >= 15 is 0 Å². The van der Waals surface area contributed by atoms with Gasteiger partial charge in [-0.15, -0.1) is 0 Å². The third kappa shape index (κ3) is 4.09. The Morgan fingerprint density at radius 1 is 1.47 bits per heavy atom. The van der Waals surface area contributed by atoms with E-state index in [1.807, 2.05) is 0 Å². The molecule has 0 amide bonds. The summed E-state index contributed by atoms with van der Waals surface area (Å²) in [5.41, 5.74) is 5.80. The zero-order chi connectivity index (χ0) is 11.3. The standard InChI is InChI=1S/C12H26N2O/c1-4-5-12(6-13)8-14-7-11(3)15-9-10(14)2/h10-12H,4-9,13H2,1-3H3. The van der Waals surface area contributed by atoms with Crippen molar-refractivity contribution in [3.05, 3.63) is 0 Å². The number of rotatable bonds is 5. The maximum atomic E-state index is 5.80. The van der Waals surface area contributed by atoms with Gasteiger partial charge in [-0.3, -0.25) is 4.90 Å². The first kappa shape index (κ1) is 12.9. The van der Waals surface area contributed by atoms with Gasteiger partial charge in [0.05, 0.1) is 12.7 Å². The maximum Gasteiger partial charge on any atom is 0.0674 e. The van der Waals surface area contributed by atoms with Gasteiger partial charge < -0.3 is 10.5 Å². The second-order valence-corrected chi connectivity index (χ2v) is 4.84. The summed E-state index contributed by atoms with van der Waals surface area (Å²) in [5.74, 6) is 0.655. The number of nitrogens with two attached hydrogens (primary N) is 1. The van der Waals surface area contributed by atoms with E-state index in [9.17, 15) is 0 Å². The molecule has 0 aliphatic carbocycles. The predicted molar refractivity (Wildman–Crippen MR) is 63.9 cm³/mol. The van der Waals surface area contributed by atoms with Gasteiger partial charge in [0.25, 0.3) is 0 Å². The summed E-state index contributed by atoms with van der Waals surface area (Å²) in [6, 6.07) is 0.548. The van der Waals surface area contributed by atoms with Crippen LogP contribution in [0.15, 0.2) is 0 Å². The largest absolute Gasteiger partial charge is 0.376 e. The molecule has 2 N–H and O–H groups in total. The summed E-state index contributed by atoms with van der Waals surface area (Å²) in [5, 5.41) is 0. The minimum Gasteiger partial charge on any atom is -0.376 e. The predicted octanol–water partition coefficient (Wildman–Crippen LogP) is 1.47. The monoisotopic (exact) mass is 214 g/mol. The summed E-state index contributed by atoms with van der Waals surface area (Å²) in [6.07, 6.45) is 2.85. The first-order chi connectivity index (χ1) is 7.17. The van der Waals surface area contributed by atoms with Crippen molar-refractivity contribution in [2.24, 2.45) is 11.7 Å². The SMILES string of the molecule is CCCC(CN)CN1CC(C)OCC1C. The van der Waals surface area contributed by atoms with Crippen LogP contribution in [0.1, 0.15) is 33.6 Å². The minimum atomic E-state index is 0.376. The number of hydrogen-bond donors (Lipinski definition) is 1. The number of hydrogen-bond acceptors (Lipinski definition) is 3. The van der Waals surface area contributed by atoms with Crippen molar-refractivity contribution in [3.63, 3.8) is 0 Å². The lowest BCUT2D eigenvalue weighted by Gasteiger charge is -2.38. The van der Waals surface area contributed by atoms with Crippen LogP contribution >= 0.6 is 0 Å². The molecule has 0 radical (unpaired) electrons. The second-order valence-electron chi connectivity index (χ2n) is 4.84. The summed E-state index contributed by atoms with van der Waals surface area (Å²) >= 11 is 0. The molecule has 1 aliphatic heterocycles. The van der Waals surface area contributed by atoms with Crippen molar-refractivity contribution < 1.29 is 4.74 Å². The molecule has 0 saturated carbocycles. The van der Waals surface area contributed by atoms with Crippen LogP contribution in [0.5, 0.6) is 0 Å². The summed E-state index contributed by atoms with van der Waals surface area (Å²) < 4.78 is 5.62. The fraction of sp³-hybridized carbons (Fsp3) is 1.00. The van der Waals surface area contributed by atoms with Crippen LogP contribution in [-0.4, -0.2) is 43.3 Å². The Labute approximate surface area is 94.0 Å². The van der Waals surface area contributed by atoms with Gasteiger partial charge in [-0.05, 0) is 32.7 Å². The van der Waals surface area contributed by atoms with Crippen LogP contribution in [0.4, 0.5) is 0 Å². The maximum absolute atomic E-state index is 5.80. The zero-order valence-corrected chi connectivity index (χ0v) is 10.4. The molecule has 0 aromatic carbocycles. The summed E-state index contributed by atoms with van der Waals surface area (Å²) in [6.45, 7) is 10.5. The third-order valence-corrected chi connectivity index (χ3v) is 3.26. The Hall–Kier alpha value is -0.120. The van der Waals surface area contributed by atoms with Gasteiger partial charge in [0.1, 0.15) is 0 Å². The van der Waals surface area contributed by atoms with Crippen molar-refractivity contribution in [1.29, 1.82) is 0 Å². The van der Waals surface area contributed by atoms with Gasteiger partial charge in [-0.1, -0.05) is 13.3 Å². The summed E-state index contributed by atoms with van der Waals surface area (Å²) in [4.78, 5) is 2.53. The first-order valence-electron chi connectivity index (χ1n) is 6.23. The van der Waals surface area contributed by atoms with Crippen LogP contribution < -0.4 is 5.73 Å². The minimum absolute atomic E-state index is 0.376. The van der Waals surface area contributed by atoms with E-state index in [0.29, 0.717) is 18.1 Å². The van der Waals surface area contributed by atoms with Crippen LogP contribution in [-0.2, 0) is 4.74 Å². The van der Waals surface area contributed by atoms with Gasteiger partial charge >= 0.3 is 0 Å². The van der Waals surface area contributed by atoms with Crippen LogP contribution in [0, 0.1) is 5.92 Å². The number of ether oxygens (including phenoxy) is 1. The Kier molecular flexibility index (Phi) is 5.58. The van der Waals surface area contributed by atoms with Gasteiger partial charge in [0, 0.05) is 19.1 Å². The van der Waals surface area contributed by atoms with Gasteiger partial charge in [-0.2, -0.15) is 0 Å². The molecule has 1 aliphatic rings. The molecule has 1 rings (SSSR count). The molecule has 3 nitrogen and oxygen atoms in total. The van der Waals surface area contributed by atoms with E-state index in [1.165, 1.54) is 12.8 Å². The molecule has 0 aromatic heterocycles. The molecule has 0 spiro atoms. The van der Waals surface area contributed by atoms with Crippen molar-refractivity contribution in [3.8, 4) is 0 Å². The smallest absolute Gasteiger partial charge is 0.0674 e. The van der Waals surface area contributed by atoms with Gasteiger partial charge in [0.15, 0.2) is 0 Å². The average Bonchev–Trinajstić information content (AvgIpc) is 2.22. The quantitative estimate of drug-likeness (QED) is 0.753. The van der Waals surface area contributed by atoms with E-state index in [0.717, 1.165) is 26.2 Å². The molecular formula is C12H26N2O. The highest BCUT2D eigenvalue weighted by Gasteiger charge is 2.24. The van der Waals surface area contributed by atoms with Crippen molar-refractivity contribution in [2.75, 3.05) is 26.2 Å². The van der Waals surface area contributed by atoms with Gasteiger partial charge in [-0.25, -0.2) is 0 Å². The first-order valence-corrected chi connectivity index (χ1v) is 6.23. The fourth-order valence-corrected chi connectivity index (χ4v) is 2.25. The molecule has 90 valence electrons. The lowest BCUT2D eigenvalue weighted by molar-refractivity contribution is -0.0541. The molecule has 3 unspecified atom stereocenters. The second kappa shape index (κ2) is 6.46. The Morgan fingerprint density at radius 2 is 2.20 bits per heavy atom. The molecule has 1 saturated heterocycles. The van der Waals surface area contributed by atoms with E-state index in [4.69, 9.17) is 10.5 Å². The van der Waals surface area contributed by atoms with E-state index in [-0.39, 0.29) is 0 Å². The van der Waals surface area contributed by atoms with Crippen molar-refractivity contribution >= 4 is 0 Å². The lowest BCUT2D eigenvalue weighted by atomic mass is 10.0. The highest BCUT2D eigenvalue weighted by atomic mass is 16.5. The van der Waals surface area contributed by atoms with E-state index in [2.05, 4.69) is 25.7 Å². The van der Waals surface area contributed by atoms with Gasteiger partial charge in [0.2, 0.25) is 0 Å². The summed E-state index contributed by atoms with van der Waals surface area (Å²) in [7, 11) is 0. The molecule has 3 heteroatoms. The lowest BCUT2D eigenvalue weighted by Crippen LogP contribution is -2.49. The molecular weight excluding hydrogens is 188 g/mol. The third-order valence-electron chi connectivity index (χ3n) is 3.26. The normalized spacial score (nSPS) is 30.4. The highest BCUT2D eigenvalue weighted by molar-refractivity contribution is 4.77. The zero-order valence-electron chi connectivity index (χ0n) is 10.4. The molecule has 0 aromatic rings. The molecule has 1 heterocycles. The van der Waals surface area contributed by atoms with Crippen LogP contribution in [0.25, 0.3) is 0 Å². The van der Waals surface area contributed by atoms with Crippen LogP contribution in [0.3, 0.4) is 0 Å². The molecule has 0 bridgehead atoms.